The van der Waals surface area contributed by atoms with Crippen LogP contribution in [-0.2, 0) is 4.79 Å². The fourth-order valence-corrected chi connectivity index (χ4v) is 2.95. The van der Waals surface area contributed by atoms with Crippen LogP contribution in [0.1, 0.15) is 0 Å². The highest BCUT2D eigenvalue weighted by Crippen LogP contribution is 2.32. The first kappa shape index (κ1) is 17.0. The van der Waals surface area contributed by atoms with Crippen LogP contribution in [0.15, 0.2) is 51.4 Å². The lowest BCUT2D eigenvalue weighted by Gasteiger charge is -2.10. The molecule has 6 heteroatoms. The lowest BCUT2D eigenvalue weighted by molar-refractivity contribution is -0.849. The van der Waals surface area contributed by atoms with Gasteiger partial charge in [-0.05, 0) is 58.4 Å². The van der Waals surface area contributed by atoms with E-state index in [1.54, 1.807) is 0 Å². The maximum absolute atomic E-state index is 11.7. The van der Waals surface area contributed by atoms with Gasteiger partial charge < -0.3 is 15.0 Å². The van der Waals surface area contributed by atoms with Crippen molar-refractivity contribution in [1.82, 2.24) is 0 Å². The SMILES string of the molecule is C[NH+](C)CC(=O)Nc1ccc(Oc2ccc(Br)cc2Br)cc1. The zero-order valence-corrected chi connectivity index (χ0v) is 15.5. The van der Waals surface area contributed by atoms with Crippen molar-refractivity contribution in [2.75, 3.05) is 26.0 Å². The highest BCUT2D eigenvalue weighted by Gasteiger charge is 2.07. The predicted molar refractivity (Wildman–Crippen MR) is 94.7 cm³/mol. The summed E-state index contributed by atoms with van der Waals surface area (Å²) in [5.41, 5.74) is 0.758. The molecular formula is C16H17Br2N2O2+. The Morgan fingerprint density at radius 3 is 2.41 bits per heavy atom. The van der Waals surface area contributed by atoms with Gasteiger partial charge in [0.25, 0.3) is 5.91 Å². The minimum atomic E-state index is -0.00989. The molecule has 2 N–H and O–H groups in total. The summed E-state index contributed by atoms with van der Waals surface area (Å²) in [5.74, 6) is 1.43. The third-order valence-corrected chi connectivity index (χ3v) is 3.89. The van der Waals surface area contributed by atoms with Crippen molar-refractivity contribution >= 4 is 43.5 Å². The number of nitrogens with one attached hydrogen (secondary N) is 2. The maximum atomic E-state index is 11.7. The molecule has 0 aromatic heterocycles. The summed E-state index contributed by atoms with van der Waals surface area (Å²) in [4.78, 5) is 12.8. The van der Waals surface area contributed by atoms with Gasteiger partial charge in [-0.1, -0.05) is 15.9 Å². The van der Waals surface area contributed by atoms with Gasteiger partial charge >= 0.3 is 0 Å². The Morgan fingerprint density at radius 2 is 1.82 bits per heavy atom. The van der Waals surface area contributed by atoms with Crippen LogP contribution in [0.2, 0.25) is 0 Å². The number of amides is 1. The molecule has 1 amide bonds. The van der Waals surface area contributed by atoms with Crippen molar-refractivity contribution in [3.63, 3.8) is 0 Å². The van der Waals surface area contributed by atoms with Crippen LogP contribution in [0.25, 0.3) is 0 Å². The van der Waals surface area contributed by atoms with Crippen molar-refractivity contribution in [3.8, 4) is 11.5 Å². The lowest BCUT2D eigenvalue weighted by Crippen LogP contribution is -3.06. The van der Waals surface area contributed by atoms with Gasteiger partial charge in [-0.3, -0.25) is 4.79 Å². The van der Waals surface area contributed by atoms with Crippen LogP contribution in [0, 0.1) is 0 Å². The number of carbonyl (C=O) groups excluding carboxylic acids is 1. The van der Waals surface area contributed by atoms with E-state index in [4.69, 9.17) is 4.74 Å². The topological polar surface area (TPSA) is 42.8 Å². The van der Waals surface area contributed by atoms with Gasteiger partial charge in [0.05, 0.1) is 18.6 Å². The third kappa shape index (κ3) is 5.12. The summed E-state index contributed by atoms with van der Waals surface area (Å²) in [6, 6.07) is 13.0. The third-order valence-electron chi connectivity index (χ3n) is 2.77. The zero-order chi connectivity index (χ0) is 16.1. The van der Waals surface area contributed by atoms with Crippen molar-refractivity contribution in [2.24, 2.45) is 0 Å². The molecule has 2 rings (SSSR count). The molecule has 0 aliphatic heterocycles. The van der Waals surface area contributed by atoms with Gasteiger partial charge in [0.15, 0.2) is 6.54 Å². The largest absolute Gasteiger partial charge is 0.456 e. The molecular weight excluding hydrogens is 412 g/mol. The van der Waals surface area contributed by atoms with Crippen molar-refractivity contribution in [1.29, 1.82) is 0 Å². The molecule has 0 saturated heterocycles. The number of likely N-dealkylation sites (N-methyl/N-ethyl adjacent to an activating group) is 1. The van der Waals surface area contributed by atoms with Gasteiger partial charge in [-0.15, -0.1) is 0 Å². The Kier molecular flexibility index (Phi) is 5.99. The number of halogens is 2. The van der Waals surface area contributed by atoms with Crippen LogP contribution in [0.5, 0.6) is 11.5 Å². The molecule has 0 atom stereocenters. The van der Waals surface area contributed by atoms with E-state index < -0.39 is 0 Å². The molecule has 0 fully saturated rings. The molecule has 0 heterocycles. The van der Waals surface area contributed by atoms with E-state index in [1.807, 2.05) is 56.6 Å². The van der Waals surface area contributed by atoms with Crippen LogP contribution < -0.4 is 15.0 Å². The molecule has 0 bridgehead atoms. The molecule has 0 spiro atoms. The first-order valence-electron chi connectivity index (χ1n) is 6.76. The van der Waals surface area contributed by atoms with Gasteiger partial charge in [0.2, 0.25) is 0 Å². The second-order valence-corrected chi connectivity index (χ2v) is 6.90. The van der Waals surface area contributed by atoms with Crippen molar-refractivity contribution in [3.05, 3.63) is 51.4 Å². The molecule has 22 heavy (non-hydrogen) atoms. The van der Waals surface area contributed by atoms with Crippen LogP contribution in [0.4, 0.5) is 5.69 Å². The zero-order valence-electron chi connectivity index (χ0n) is 12.3. The Labute approximate surface area is 146 Å². The summed E-state index contributed by atoms with van der Waals surface area (Å²) < 4.78 is 7.65. The van der Waals surface area contributed by atoms with E-state index in [0.29, 0.717) is 12.3 Å². The van der Waals surface area contributed by atoms with Gasteiger partial charge in [0.1, 0.15) is 11.5 Å². The van der Waals surface area contributed by atoms with Crippen LogP contribution in [0.3, 0.4) is 0 Å². The highest BCUT2D eigenvalue weighted by molar-refractivity contribution is 9.11. The number of hydrogen-bond donors (Lipinski definition) is 2. The number of benzene rings is 2. The minimum Gasteiger partial charge on any atom is -0.456 e. The van der Waals surface area contributed by atoms with Crippen LogP contribution in [-0.4, -0.2) is 26.5 Å². The number of hydrogen-bond acceptors (Lipinski definition) is 2. The van der Waals surface area contributed by atoms with Crippen molar-refractivity contribution in [2.45, 2.75) is 0 Å². The standard InChI is InChI=1S/C16H16Br2N2O2/c1-20(2)10-16(21)19-12-4-6-13(7-5-12)22-15-8-3-11(17)9-14(15)18/h3-9H,10H2,1-2H3,(H,19,21)/p+1. The van der Waals surface area contributed by atoms with E-state index in [1.165, 1.54) is 0 Å². The van der Waals surface area contributed by atoms with E-state index in [0.717, 1.165) is 25.3 Å². The first-order valence-corrected chi connectivity index (χ1v) is 8.34. The molecule has 0 unspecified atom stereocenters. The maximum Gasteiger partial charge on any atom is 0.279 e. The Morgan fingerprint density at radius 1 is 1.14 bits per heavy atom. The average molecular weight is 429 g/mol. The molecule has 116 valence electrons. The van der Waals surface area contributed by atoms with Crippen LogP contribution >= 0.6 is 31.9 Å². The summed E-state index contributed by atoms with van der Waals surface area (Å²) in [6.45, 7) is 0.435. The number of anilines is 1. The fourth-order valence-electron chi connectivity index (χ4n) is 1.82. The normalized spacial score (nSPS) is 10.6. The van der Waals surface area contributed by atoms with E-state index >= 15 is 0 Å². The molecule has 4 nitrogen and oxygen atoms in total. The molecule has 0 radical (unpaired) electrons. The Bertz CT molecular complexity index is 658. The van der Waals surface area contributed by atoms with Gasteiger partial charge in [-0.2, -0.15) is 0 Å². The second kappa shape index (κ2) is 7.76. The molecule has 0 aliphatic carbocycles. The highest BCUT2D eigenvalue weighted by atomic mass is 79.9. The summed E-state index contributed by atoms with van der Waals surface area (Å²) in [6.07, 6.45) is 0. The number of carbonyl (C=O) groups is 1. The predicted octanol–water partition coefficient (Wildman–Crippen LogP) is 3.09. The lowest BCUT2D eigenvalue weighted by atomic mass is 10.3. The summed E-state index contributed by atoms with van der Waals surface area (Å²) in [7, 11) is 3.87. The number of quaternary nitrogens is 1. The van der Waals surface area contributed by atoms with E-state index in [-0.39, 0.29) is 5.91 Å². The minimum absolute atomic E-state index is 0.00989. The quantitative estimate of drug-likeness (QED) is 0.768. The van der Waals surface area contributed by atoms with Gasteiger partial charge in [0, 0.05) is 10.2 Å². The fraction of sp³-hybridized carbons (Fsp3) is 0.188. The monoisotopic (exact) mass is 427 g/mol. The Balaban J connectivity index is 2.01. The molecule has 2 aromatic rings. The van der Waals surface area contributed by atoms with Gasteiger partial charge in [-0.25, -0.2) is 0 Å². The second-order valence-electron chi connectivity index (χ2n) is 5.13. The van der Waals surface area contributed by atoms with E-state index in [9.17, 15) is 4.79 Å². The molecule has 0 aliphatic rings. The summed E-state index contributed by atoms with van der Waals surface area (Å²) in [5, 5.41) is 2.85. The number of ether oxygens (including phenoxy) is 1. The average Bonchev–Trinajstić information content (AvgIpc) is 2.43. The van der Waals surface area contributed by atoms with Crippen molar-refractivity contribution < 1.29 is 14.4 Å². The smallest absolute Gasteiger partial charge is 0.279 e. The number of rotatable bonds is 5. The summed E-state index contributed by atoms with van der Waals surface area (Å²) >= 11 is 6.86. The van der Waals surface area contributed by atoms with E-state index in [2.05, 4.69) is 37.2 Å². The molecule has 2 aromatic carbocycles. The Hall–Kier alpha value is -1.37. The molecule has 0 saturated carbocycles. The first-order chi connectivity index (χ1) is 10.4.